The molecule has 0 spiro atoms. The van der Waals surface area contributed by atoms with Crippen LogP contribution in [0.4, 0.5) is 0 Å². The maximum Gasteiger partial charge on any atom is 0.133 e. The minimum atomic E-state index is 0.352. The second-order valence-corrected chi connectivity index (χ2v) is 2.60. The molecular weight excluding hydrogens is 124 g/mol. The zero-order valence-electron chi connectivity index (χ0n) is 7.05. The molecule has 0 aliphatic rings. The van der Waals surface area contributed by atoms with Gasteiger partial charge in [-0.1, -0.05) is 26.0 Å². The largest absolute Gasteiger partial charge is 0.300 e. The van der Waals surface area contributed by atoms with Gasteiger partial charge in [0.15, 0.2) is 0 Å². The first kappa shape index (κ1) is 9.41. The van der Waals surface area contributed by atoms with Crippen molar-refractivity contribution >= 4 is 5.78 Å². The normalized spacial score (nSPS) is 13.9. The third kappa shape index (κ3) is 4.30. The van der Waals surface area contributed by atoms with Gasteiger partial charge in [0.1, 0.15) is 5.78 Å². The summed E-state index contributed by atoms with van der Waals surface area (Å²) in [6.07, 6.45) is 5.42. The molecule has 1 nitrogen and oxygen atoms in total. The summed E-state index contributed by atoms with van der Waals surface area (Å²) in [6, 6.07) is 0. The molecule has 1 heteroatoms. The van der Waals surface area contributed by atoms with Gasteiger partial charge in [0.2, 0.25) is 0 Å². The Hall–Kier alpha value is -0.590. The van der Waals surface area contributed by atoms with Gasteiger partial charge < -0.3 is 0 Å². The lowest BCUT2D eigenvalue weighted by Crippen LogP contribution is -2.01. The first-order chi connectivity index (χ1) is 4.70. The van der Waals surface area contributed by atoms with Gasteiger partial charge in [0.25, 0.3) is 0 Å². The molecule has 1 atom stereocenters. The molecule has 58 valence electrons. The second-order valence-electron chi connectivity index (χ2n) is 2.60. The van der Waals surface area contributed by atoms with Crippen LogP contribution in [0.5, 0.6) is 0 Å². The first-order valence-corrected chi connectivity index (χ1v) is 3.85. The molecule has 1 unspecified atom stereocenters. The highest BCUT2D eigenvalue weighted by atomic mass is 16.1. The van der Waals surface area contributed by atoms with Crippen molar-refractivity contribution in [3.63, 3.8) is 0 Å². The standard InChI is InChI=1S/C9H16O/c1-4-6-8(3)7-9(10)5-2/h4,6,8H,5,7H2,1-3H3/b6-4+. The minimum absolute atomic E-state index is 0.352. The molecule has 0 aromatic heterocycles. The minimum Gasteiger partial charge on any atom is -0.300 e. The van der Waals surface area contributed by atoms with Crippen LogP contribution in [-0.4, -0.2) is 5.78 Å². The molecule has 0 aromatic carbocycles. The molecule has 0 aliphatic carbocycles. The van der Waals surface area contributed by atoms with Crippen LogP contribution >= 0.6 is 0 Å². The van der Waals surface area contributed by atoms with Crippen molar-refractivity contribution in [3.05, 3.63) is 12.2 Å². The smallest absolute Gasteiger partial charge is 0.133 e. The van der Waals surface area contributed by atoms with E-state index in [1.54, 1.807) is 0 Å². The molecule has 0 aliphatic heterocycles. The van der Waals surface area contributed by atoms with E-state index in [4.69, 9.17) is 0 Å². The lowest BCUT2D eigenvalue weighted by Gasteiger charge is -2.01. The zero-order valence-corrected chi connectivity index (χ0v) is 7.05. The number of carbonyl (C=O) groups is 1. The lowest BCUT2D eigenvalue weighted by molar-refractivity contribution is -0.119. The van der Waals surface area contributed by atoms with E-state index in [1.807, 2.05) is 19.9 Å². The van der Waals surface area contributed by atoms with Gasteiger partial charge in [-0.25, -0.2) is 0 Å². The van der Waals surface area contributed by atoms with Crippen molar-refractivity contribution < 1.29 is 4.79 Å². The Morgan fingerprint density at radius 1 is 1.60 bits per heavy atom. The van der Waals surface area contributed by atoms with E-state index in [0.717, 1.165) is 0 Å². The number of rotatable bonds is 4. The van der Waals surface area contributed by atoms with Crippen molar-refractivity contribution in [2.24, 2.45) is 5.92 Å². The van der Waals surface area contributed by atoms with Crippen LogP contribution in [0.25, 0.3) is 0 Å². The molecule has 0 bridgehead atoms. The molecule has 0 amide bonds. The Kier molecular flexibility index (Phi) is 4.91. The third-order valence-corrected chi connectivity index (χ3v) is 1.46. The zero-order chi connectivity index (χ0) is 7.98. The maximum absolute atomic E-state index is 10.9. The monoisotopic (exact) mass is 140 g/mol. The van der Waals surface area contributed by atoms with Gasteiger partial charge in [0, 0.05) is 12.8 Å². The highest BCUT2D eigenvalue weighted by molar-refractivity contribution is 5.78. The van der Waals surface area contributed by atoms with Crippen molar-refractivity contribution in [1.82, 2.24) is 0 Å². The molecule has 0 rings (SSSR count). The lowest BCUT2D eigenvalue weighted by atomic mass is 10.0. The molecule has 0 heterocycles. The molecule has 0 saturated carbocycles. The summed E-state index contributed by atoms with van der Waals surface area (Å²) in [4.78, 5) is 10.9. The van der Waals surface area contributed by atoms with Gasteiger partial charge in [-0.05, 0) is 12.8 Å². The first-order valence-electron chi connectivity index (χ1n) is 3.85. The highest BCUT2D eigenvalue weighted by Gasteiger charge is 2.02. The Morgan fingerprint density at radius 2 is 2.20 bits per heavy atom. The predicted octanol–water partition coefficient (Wildman–Crippen LogP) is 2.57. The summed E-state index contributed by atoms with van der Waals surface area (Å²) in [5.41, 5.74) is 0. The summed E-state index contributed by atoms with van der Waals surface area (Å²) in [5.74, 6) is 0.767. The van der Waals surface area contributed by atoms with Crippen molar-refractivity contribution in [3.8, 4) is 0 Å². The maximum atomic E-state index is 10.9. The average molecular weight is 140 g/mol. The molecular formula is C9H16O. The van der Waals surface area contributed by atoms with E-state index in [9.17, 15) is 4.79 Å². The Morgan fingerprint density at radius 3 is 2.60 bits per heavy atom. The number of hydrogen-bond donors (Lipinski definition) is 0. The van der Waals surface area contributed by atoms with E-state index in [-0.39, 0.29) is 0 Å². The number of hydrogen-bond acceptors (Lipinski definition) is 1. The van der Waals surface area contributed by atoms with Crippen LogP contribution in [0.2, 0.25) is 0 Å². The number of allylic oxidation sites excluding steroid dienone is 2. The molecule has 0 N–H and O–H groups in total. The Labute approximate surface area is 63.1 Å². The van der Waals surface area contributed by atoms with Crippen LogP contribution < -0.4 is 0 Å². The van der Waals surface area contributed by atoms with Crippen LogP contribution in [0.1, 0.15) is 33.6 Å². The van der Waals surface area contributed by atoms with E-state index in [2.05, 4.69) is 13.0 Å². The van der Waals surface area contributed by atoms with Crippen LogP contribution in [0, 0.1) is 5.92 Å². The highest BCUT2D eigenvalue weighted by Crippen LogP contribution is 2.05. The van der Waals surface area contributed by atoms with Gasteiger partial charge in [-0.2, -0.15) is 0 Å². The van der Waals surface area contributed by atoms with Crippen molar-refractivity contribution in [2.45, 2.75) is 33.6 Å². The number of Topliss-reactive ketones (excluding diaryl/α,β-unsaturated/α-hetero) is 1. The second kappa shape index (κ2) is 5.21. The number of ketones is 1. The van der Waals surface area contributed by atoms with E-state index in [0.29, 0.717) is 24.5 Å². The van der Waals surface area contributed by atoms with E-state index < -0.39 is 0 Å². The summed E-state index contributed by atoms with van der Waals surface area (Å²) in [6.45, 7) is 5.95. The average Bonchev–Trinajstić information content (AvgIpc) is 1.88. The van der Waals surface area contributed by atoms with Gasteiger partial charge in [-0.15, -0.1) is 0 Å². The molecule has 0 fully saturated rings. The fraction of sp³-hybridized carbons (Fsp3) is 0.667. The van der Waals surface area contributed by atoms with E-state index >= 15 is 0 Å². The van der Waals surface area contributed by atoms with Gasteiger partial charge >= 0.3 is 0 Å². The van der Waals surface area contributed by atoms with E-state index in [1.165, 1.54) is 0 Å². The Bertz CT molecular complexity index is 125. The van der Waals surface area contributed by atoms with Crippen molar-refractivity contribution in [1.29, 1.82) is 0 Å². The van der Waals surface area contributed by atoms with Gasteiger partial charge in [-0.3, -0.25) is 4.79 Å². The topological polar surface area (TPSA) is 17.1 Å². The fourth-order valence-corrected chi connectivity index (χ4v) is 0.900. The fourth-order valence-electron chi connectivity index (χ4n) is 0.900. The quantitative estimate of drug-likeness (QED) is 0.548. The van der Waals surface area contributed by atoms with Crippen LogP contribution in [-0.2, 0) is 4.79 Å². The van der Waals surface area contributed by atoms with Crippen molar-refractivity contribution in [2.75, 3.05) is 0 Å². The van der Waals surface area contributed by atoms with Gasteiger partial charge in [0.05, 0.1) is 0 Å². The molecule has 0 radical (unpaired) electrons. The van der Waals surface area contributed by atoms with Crippen LogP contribution in [0.3, 0.4) is 0 Å². The molecule has 0 aromatic rings. The summed E-state index contributed by atoms with van der Waals surface area (Å²) >= 11 is 0. The Balaban J connectivity index is 3.57. The predicted molar refractivity (Wildman–Crippen MR) is 43.9 cm³/mol. The van der Waals surface area contributed by atoms with Crippen LogP contribution in [0.15, 0.2) is 12.2 Å². The summed E-state index contributed by atoms with van der Waals surface area (Å²) in [5, 5.41) is 0. The summed E-state index contributed by atoms with van der Waals surface area (Å²) < 4.78 is 0. The third-order valence-electron chi connectivity index (χ3n) is 1.46. The summed E-state index contributed by atoms with van der Waals surface area (Å²) in [7, 11) is 0. The SMILES string of the molecule is C/C=C/C(C)CC(=O)CC. The molecule has 0 saturated heterocycles. The molecule has 10 heavy (non-hydrogen) atoms. The number of carbonyl (C=O) groups excluding carboxylic acids is 1.